The fourth-order valence-electron chi connectivity index (χ4n) is 1.91. The van der Waals surface area contributed by atoms with Gasteiger partial charge in [0, 0.05) is 13.6 Å². The molecule has 0 saturated carbocycles. The molecule has 0 heterocycles. The fraction of sp³-hybridized carbons (Fsp3) is 0.235. The van der Waals surface area contributed by atoms with Crippen LogP contribution in [0.2, 0.25) is 0 Å². The second-order valence-corrected chi connectivity index (χ2v) is 4.65. The topological polar surface area (TPSA) is 29.5 Å². The maximum absolute atomic E-state index is 12.0. The number of nitrogens with zero attached hydrogens (tertiary/aromatic N) is 1. The Morgan fingerprint density at radius 1 is 1.00 bits per heavy atom. The zero-order valence-electron chi connectivity index (χ0n) is 11.7. The molecule has 0 N–H and O–H groups in total. The molecule has 1 amide bonds. The highest BCUT2D eigenvalue weighted by Gasteiger charge is 2.09. The Morgan fingerprint density at radius 2 is 1.60 bits per heavy atom. The number of hydrogen-bond donors (Lipinski definition) is 0. The van der Waals surface area contributed by atoms with Crippen LogP contribution in [0.15, 0.2) is 60.7 Å². The van der Waals surface area contributed by atoms with Crippen molar-refractivity contribution < 1.29 is 9.53 Å². The van der Waals surface area contributed by atoms with E-state index in [2.05, 4.69) is 0 Å². The van der Waals surface area contributed by atoms with E-state index in [1.807, 2.05) is 67.7 Å². The largest absolute Gasteiger partial charge is 0.493 e. The molecule has 0 unspecified atom stereocenters. The van der Waals surface area contributed by atoms with Crippen molar-refractivity contribution >= 4 is 5.91 Å². The highest BCUT2D eigenvalue weighted by atomic mass is 16.5. The predicted molar refractivity (Wildman–Crippen MR) is 79.5 cm³/mol. The number of carbonyl (C=O) groups excluding carboxylic acids is 1. The van der Waals surface area contributed by atoms with Gasteiger partial charge in [0.05, 0.1) is 13.0 Å². The molecule has 0 spiro atoms. The first-order valence-electron chi connectivity index (χ1n) is 6.71. The summed E-state index contributed by atoms with van der Waals surface area (Å²) in [5.41, 5.74) is 1.13. The lowest BCUT2D eigenvalue weighted by molar-refractivity contribution is -0.130. The van der Waals surface area contributed by atoms with E-state index in [-0.39, 0.29) is 5.91 Å². The van der Waals surface area contributed by atoms with Crippen molar-refractivity contribution in [2.24, 2.45) is 0 Å². The van der Waals surface area contributed by atoms with Gasteiger partial charge in [-0.2, -0.15) is 0 Å². The summed E-state index contributed by atoms with van der Waals surface area (Å²) in [4.78, 5) is 13.7. The molecule has 20 heavy (non-hydrogen) atoms. The highest BCUT2D eigenvalue weighted by Crippen LogP contribution is 2.09. The van der Waals surface area contributed by atoms with E-state index in [0.29, 0.717) is 19.6 Å². The molecule has 0 aromatic heterocycles. The second-order valence-electron chi connectivity index (χ2n) is 4.65. The molecule has 2 rings (SSSR count). The summed E-state index contributed by atoms with van der Waals surface area (Å²) in [7, 11) is 1.82. The number of carbonyl (C=O) groups is 1. The summed E-state index contributed by atoms with van der Waals surface area (Å²) in [6.07, 6.45) is 0.387. The average Bonchev–Trinajstić information content (AvgIpc) is 2.49. The number of rotatable bonds is 6. The minimum Gasteiger partial charge on any atom is -0.493 e. The van der Waals surface area contributed by atoms with Crippen LogP contribution in [0.3, 0.4) is 0 Å². The molecule has 2 aromatic carbocycles. The van der Waals surface area contributed by atoms with E-state index in [4.69, 9.17) is 4.74 Å². The zero-order valence-corrected chi connectivity index (χ0v) is 11.7. The van der Waals surface area contributed by atoms with Crippen molar-refractivity contribution in [3.05, 3.63) is 66.2 Å². The van der Waals surface area contributed by atoms with Crippen molar-refractivity contribution in [3.63, 3.8) is 0 Å². The number of hydrogen-bond acceptors (Lipinski definition) is 2. The average molecular weight is 269 g/mol. The molecule has 0 bridgehead atoms. The molecule has 0 saturated heterocycles. The Hall–Kier alpha value is -2.29. The molecule has 104 valence electrons. The van der Waals surface area contributed by atoms with Gasteiger partial charge >= 0.3 is 0 Å². The maximum atomic E-state index is 12.0. The zero-order chi connectivity index (χ0) is 14.2. The summed E-state index contributed by atoms with van der Waals surface area (Å²) >= 11 is 0. The van der Waals surface area contributed by atoms with E-state index >= 15 is 0 Å². The first kappa shape index (κ1) is 14.1. The third kappa shape index (κ3) is 4.43. The standard InChI is InChI=1S/C17H19NO2/c1-18(14-15-8-4-2-5-9-15)17(19)12-13-20-16-10-6-3-7-11-16/h2-11H,12-14H2,1H3. The Labute approximate surface area is 119 Å². The third-order valence-corrected chi connectivity index (χ3v) is 3.02. The first-order chi connectivity index (χ1) is 9.75. The van der Waals surface area contributed by atoms with Crippen LogP contribution < -0.4 is 4.74 Å². The van der Waals surface area contributed by atoms with Gasteiger partial charge in [0.1, 0.15) is 5.75 Å². The van der Waals surface area contributed by atoms with Crippen LogP contribution in [0.5, 0.6) is 5.75 Å². The van der Waals surface area contributed by atoms with Gasteiger partial charge in [0.15, 0.2) is 0 Å². The normalized spacial score (nSPS) is 10.1. The van der Waals surface area contributed by atoms with E-state index in [0.717, 1.165) is 11.3 Å². The van der Waals surface area contributed by atoms with Gasteiger partial charge in [-0.3, -0.25) is 4.79 Å². The van der Waals surface area contributed by atoms with Gasteiger partial charge in [-0.15, -0.1) is 0 Å². The quantitative estimate of drug-likeness (QED) is 0.806. The van der Waals surface area contributed by atoms with Crippen LogP contribution in [-0.2, 0) is 11.3 Å². The molecule has 0 aliphatic heterocycles. The van der Waals surface area contributed by atoms with E-state index in [1.54, 1.807) is 4.90 Å². The van der Waals surface area contributed by atoms with Crippen LogP contribution in [0, 0.1) is 0 Å². The SMILES string of the molecule is CN(Cc1ccccc1)C(=O)CCOc1ccccc1. The summed E-state index contributed by atoms with van der Waals surface area (Å²) in [5, 5.41) is 0. The van der Waals surface area contributed by atoms with Gasteiger partial charge in [-0.05, 0) is 17.7 Å². The molecule has 0 fully saturated rings. The van der Waals surface area contributed by atoms with Crippen LogP contribution in [-0.4, -0.2) is 24.5 Å². The van der Waals surface area contributed by atoms with Gasteiger partial charge in [0.25, 0.3) is 0 Å². The molecule has 3 nitrogen and oxygen atoms in total. The van der Waals surface area contributed by atoms with Crippen LogP contribution in [0.4, 0.5) is 0 Å². The Morgan fingerprint density at radius 3 is 2.25 bits per heavy atom. The second kappa shape index (κ2) is 7.34. The van der Waals surface area contributed by atoms with E-state index < -0.39 is 0 Å². The monoisotopic (exact) mass is 269 g/mol. The molecule has 0 atom stereocenters. The predicted octanol–water partition coefficient (Wildman–Crippen LogP) is 3.11. The minimum atomic E-state index is 0.0878. The number of ether oxygens (including phenoxy) is 1. The fourth-order valence-corrected chi connectivity index (χ4v) is 1.91. The minimum absolute atomic E-state index is 0.0878. The van der Waals surface area contributed by atoms with Crippen molar-refractivity contribution in [1.82, 2.24) is 4.90 Å². The maximum Gasteiger partial charge on any atom is 0.226 e. The molecule has 0 radical (unpaired) electrons. The smallest absolute Gasteiger partial charge is 0.226 e. The van der Waals surface area contributed by atoms with Crippen molar-refractivity contribution in [3.8, 4) is 5.75 Å². The number of para-hydroxylation sites is 1. The molecule has 3 heteroatoms. The van der Waals surface area contributed by atoms with Gasteiger partial charge in [0.2, 0.25) is 5.91 Å². The van der Waals surface area contributed by atoms with Crippen LogP contribution >= 0.6 is 0 Å². The number of benzene rings is 2. The van der Waals surface area contributed by atoms with Crippen molar-refractivity contribution in [2.75, 3.05) is 13.7 Å². The summed E-state index contributed by atoms with van der Waals surface area (Å²) in [6.45, 7) is 1.03. The highest BCUT2D eigenvalue weighted by molar-refractivity contribution is 5.76. The molecular weight excluding hydrogens is 250 g/mol. The summed E-state index contributed by atoms with van der Waals surface area (Å²) in [6, 6.07) is 19.5. The lowest BCUT2D eigenvalue weighted by Crippen LogP contribution is -2.27. The first-order valence-corrected chi connectivity index (χ1v) is 6.71. The third-order valence-electron chi connectivity index (χ3n) is 3.02. The van der Waals surface area contributed by atoms with Gasteiger partial charge in [-0.25, -0.2) is 0 Å². The summed E-state index contributed by atoms with van der Waals surface area (Å²) < 4.78 is 5.53. The Bertz CT molecular complexity index is 525. The van der Waals surface area contributed by atoms with Crippen molar-refractivity contribution in [2.45, 2.75) is 13.0 Å². The van der Waals surface area contributed by atoms with E-state index in [1.165, 1.54) is 0 Å². The lowest BCUT2D eigenvalue weighted by Gasteiger charge is -2.17. The molecular formula is C17H19NO2. The Balaban J connectivity index is 1.74. The molecule has 2 aromatic rings. The lowest BCUT2D eigenvalue weighted by atomic mass is 10.2. The van der Waals surface area contributed by atoms with Gasteiger partial charge < -0.3 is 9.64 Å². The summed E-state index contributed by atoms with van der Waals surface area (Å²) in [5.74, 6) is 0.885. The van der Waals surface area contributed by atoms with Crippen molar-refractivity contribution in [1.29, 1.82) is 0 Å². The molecule has 0 aliphatic rings. The Kier molecular flexibility index (Phi) is 5.18. The number of amides is 1. The van der Waals surface area contributed by atoms with Crippen LogP contribution in [0.25, 0.3) is 0 Å². The van der Waals surface area contributed by atoms with Crippen LogP contribution in [0.1, 0.15) is 12.0 Å². The van der Waals surface area contributed by atoms with E-state index in [9.17, 15) is 4.79 Å². The van der Waals surface area contributed by atoms with Gasteiger partial charge in [-0.1, -0.05) is 48.5 Å². The molecule has 0 aliphatic carbocycles.